The molecule has 0 radical (unpaired) electrons. The van der Waals surface area contributed by atoms with Gasteiger partial charge in [0.05, 0.1) is 16.0 Å². The standard InChI is InChI=1S/C22H21N3O4S/c26-19(24-25-21(27)18-11-6-12-30-18)13-29-22(28)20-14-7-2-1-3-9-16(14)23-17-10-5-4-8-15(17)20/h4-6,8,10-12H,1-3,7,9,13H2,(H,24,26)(H,25,27). The molecule has 1 aromatic carbocycles. The van der Waals surface area contributed by atoms with Gasteiger partial charge in [-0.25, -0.2) is 4.79 Å². The minimum Gasteiger partial charge on any atom is -0.452 e. The summed E-state index contributed by atoms with van der Waals surface area (Å²) in [5, 5.41) is 2.50. The van der Waals surface area contributed by atoms with E-state index >= 15 is 0 Å². The molecule has 30 heavy (non-hydrogen) atoms. The largest absolute Gasteiger partial charge is 0.452 e. The predicted octanol–water partition coefficient (Wildman–Crippen LogP) is 3.18. The minimum absolute atomic E-state index is 0.421. The van der Waals surface area contributed by atoms with Crippen LogP contribution in [0.4, 0.5) is 0 Å². The molecule has 0 saturated carbocycles. The number of hydrazine groups is 1. The number of amides is 2. The Labute approximate surface area is 177 Å². The third kappa shape index (κ3) is 4.33. The predicted molar refractivity (Wildman–Crippen MR) is 113 cm³/mol. The van der Waals surface area contributed by atoms with Gasteiger partial charge in [0.1, 0.15) is 0 Å². The van der Waals surface area contributed by atoms with E-state index in [9.17, 15) is 14.4 Å². The number of hydrogen-bond acceptors (Lipinski definition) is 6. The van der Waals surface area contributed by atoms with E-state index in [1.807, 2.05) is 24.3 Å². The zero-order valence-corrected chi connectivity index (χ0v) is 17.1. The fourth-order valence-corrected chi connectivity index (χ4v) is 4.24. The molecule has 154 valence electrons. The highest BCUT2D eigenvalue weighted by atomic mass is 32.1. The van der Waals surface area contributed by atoms with Gasteiger partial charge < -0.3 is 4.74 Å². The van der Waals surface area contributed by atoms with Crippen LogP contribution in [-0.2, 0) is 22.4 Å². The first-order valence-corrected chi connectivity index (χ1v) is 10.7. The number of para-hydroxylation sites is 1. The summed E-state index contributed by atoms with van der Waals surface area (Å²) >= 11 is 1.26. The van der Waals surface area contributed by atoms with Crippen molar-refractivity contribution in [3.05, 3.63) is 63.5 Å². The number of nitrogens with one attached hydrogen (secondary N) is 2. The number of aromatic nitrogens is 1. The molecule has 0 fully saturated rings. The quantitative estimate of drug-likeness (QED) is 0.382. The van der Waals surface area contributed by atoms with Crippen LogP contribution in [0.2, 0.25) is 0 Å². The summed E-state index contributed by atoms with van der Waals surface area (Å²) in [5.74, 6) is -1.58. The van der Waals surface area contributed by atoms with E-state index in [0.29, 0.717) is 10.4 Å². The van der Waals surface area contributed by atoms with Crippen molar-refractivity contribution in [2.75, 3.05) is 6.61 Å². The average Bonchev–Trinajstić information content (AvgIpc) is 3.20. The van der Waals surface area contributed by atoms with Gasteiger partial charge in [0.2, 0.25) is 0 Å². The molecule has 1 aliphatic carbocycles. The molecule has 2 aromatic heterocycles. The Balaban J connectivity index is 1.47. The van der Waals surface area contributed by atoms with Gasteiger partial charge in [-0.1, -0.05) is 30.7 Å². The monoisotopic (exact) mass is 423 g/mol. The molecule has 2 amide bonds. The molecular formula is C22H21N3O4S. The Morgan fingerprint density at radius 3 is 2.67 bits per heavy atom. The Hall–Kier alpha value is -3.26. The summed E-state index contributed by atoms with van der Waals surface area (Å²) in [6.45, 7) is -0.491. The van der Waals surface area contributed by atoms with E-state index in [1.165, 1.54) is 11.3 Å². The van der Waals surface area contributed by atoms with Crippen LogP contribution >= 0.6 is 11.3 Å². The SMILES string of the molecule is O=C(COC(=O)c1c2c(nc3ccccc13)CCCCC2)NNC(=O)c1cccs1. The highest BCUT2D eigenvalue weighted by Crippen LogP contribution is 2.29. The topological polar surface area (TPSA) is 97.4 Å². The number of hydrogen-bond donors (Lipinski definition) is 2. The molecular weight excluding hydrogens is 402 g/mol. The number of ether oxygens (including phenoxy) is 1. The van der Waals surface area contributed by atoms with Crippen molar-refractivity contribution >= 4 is 40.0 Å². The number of carbonyl (C=O) groups is 3. The van der Waals surface area contributed by atoms with Gasteiger partial charge in [-0.3, -0.25) is 25.4 Å². The second-order valence-corrected chi connectivity index (χ2v) is 7.99. The zero-order valence-electron chi connectivity index (χ0n) is 16.3. The van der Waals surface area contributed by atoms with Crippen LogP contribution in [0.1, 0.15) is 50.5 Å². The fourth-order valence-electron chi connectivity index (χ4n) is 3.62. The highest BCUT2D eigenvalue weighted by molar-refractivity contribution is 7.12. The summed E-state index contributed by atoms with van der Waals surface area (Å²) in [7, 11) is 0. The van der Waals surface area contributed by atoms with Gasteiger partial charge in [-0.05, 0) is 48.8 Å². The van der Waals surface area contributed by atoms with E-state index in [4.69, 9.17) is 9.72 Å². The van der Waals surface area contributed by atoms with Crippen molar-refractivity contribution < 1.29 is 19.1 Å². The zero-order chi connectivity index (χ0) is 20.9. The number of esters is 1. The van der Waals surface area contributed by atoms with Crippen LogP contribution in [0.3, 0.4) is 0 Å². The molecule has 0 unspecified atom stereocenters. The van der Waals surface area contributed by atoms with Gasteiger partial charge in [0, 0.05) is 11.1 Å². The Bertz CT molecular complexity index is 1100. The molecule has 0 aliphatic heterocycles. The third-order valence-electron chi connectivity index (χ3n) is 5.02. The Kier molecular flexibility index (Phi) is 6.04. The first-order chi connectivity index (χ1) is 14.6. The lowest BCUT2D eigenvalue weighted by molar-refractivity contribution is -0.125. The maximum absolute atomic E-state index is 13.0. The number of benzene rings is 1. The number of nitrogens with zero attached hydrogens (tertiary/aromatic N) is 1. The molecule has 2 heterocycles. The van der Waals surface area contributed by atoms with Crippen LogP contribution < -0.4 is 10.9 Å². The summed E-state index contributed by atoms with van der Waals surface area (Å²) in [6.07, 6.45) is 4.71. The lowest BCUT2D eigenvalue weighted by Gasteiger charge is -2.15. The number of fused-ring (bicyclic) bond motifs is 2. The molecule has 0 saturated heterocycles. The average molecular weight is 423 g/mol. The maximum atomic E-state index is 13.0. The highest BCUT2D eigenvalue weighted by Gasteiger charge is 2.23. The maximum Gasteiger partial charge on any atom is 0.339 e. The fraction of sp³-hybridized carbons (Fsp3) is 0.273. The van der Waals surface area contributed by atoms with E-state index < -0.39 is 24.4 Å². The van der Waals surface area contributed by atoms with Crippen molar-refractivity contribution in [2.24, 2.45) is 0 Å². The molecule has 0 atom stereocenters. The van der Waals surface area contributed by atoms with Crippen molar-refractivity contribution in [3.63, 3.8) is 0 Å². The third-order valence-corrected chi connectivity index (χ3v) is 5.89. The van der Waals surface area contributed by atoms with E-state index in [0.717, 1.165) is 54.3 Å². The molecule has 7 nitrogen and oxygen atoms in total. The lowest BCUT2D eigenvalue weighted by Crippen LogP contribution is -2.43. The van der Waals surface area contributed by atoms with E-state index in [2.05, 4.69) is 10.9 Å². The summed E-state index contributed by atoms with van der Waals surface area (Å²) in [6, 6.07) is 10.9. The molecule has 4 rings (SSSR count). The van der Waals surface area contributed by atoms with Gasteiger partial charge in [-0.15, -0.1) is 11.3 Å². The Morgan fingerprint density at radius 2 is 1.83 bits per heavy atom. The minimum atomic E-state index is -0.613. The van der Waals surface area contributed by atoms with Crippen molar-refractivity contribution in [1.82, 2.24) is 15.8 Å². The van der Waals surface area contributed by atoms with Gasteiger partial charge in [0.25, 0.3) is 11.8 Å². The molecule has 2 N–H and O–H groups in total. The van der Waals surface area contributed by atoms with Gasteiger partial charge >= 0.3 is 5.97 Å². The smallest absolute Gasteiger partial charge is 0.339 e. The molecule has 0 spiro atoms. The number of aryl methyl sites for hydroxylation is 1. The number of thiophene rings is 1. The van der Waals surface area contributed by atoms with Crippen LogP contribution in [0, 0.1) is 0 Å². The molecule has 3 aromatic rings. The second kappa shape index (κ2) is 9.04. The molecule has 8 heteroatoms. The van der Waals surface area contributed by atoms with Gasteiger partial charge in [-0.2, -0.15) is 0 Å². The first-order valence-electron chi connectivity index (χ1n) is 9.84. The van der Waals surface area contributed by atoms with Crippen molar-refractivity contribution in [1.29, 1.82) is 0 Å². The van der Waals surface area contributed by atoms with Crippen LogP contribution in [0.15, 0.2) is 41.8 Å². The van der Waals surface area contributed by atoms with E-state index in [1.54, 1.807) is 17.5 Å². The van der Waals surface area contributed by atoms with Crippen molar-refractivity contribution in [2.45, 2.75) is 32.1 Å². The summed E-state index contributed by atoms with van der Waals surface area (Å²) in [4.78, 5) is 42.1. The van der Waals surface area contributed by atoms with Gasteiger partial charge in [0.15, 0.2) is 6.61 Å². The first kappa shape index (κ1) is 20.0. The van der Waals surface area contributed by atoms with Crippen molar-refractivity contribution in [3.8, 4) is 0 Å². The number of carbonyl (C=O) groups excluding carboxylic acids is 3. The number of rotatable bonds is 4. The Morgan fingerprint density at radius 1 is 1.00 bits per heavy atom. The molecule has 0 bridgehead atoms. The number of pyridine rings is 1. The summed E-state index contributed by atoms with van der Waals surface area (Å²) < 4.78 is 5.30. The second-order valence-electron chi connectivity index (χ2n) is 7.05. The van der Waals surface area contributed by atoms with Crippen LogP contribution in [-0.4, -0.2) is 29.4 Å². The van der Waals surface area contributed by atoms with Crippen LogP contribution in [0.5, 0.6) is 0 Å². The summed E-state index contributed by atoms with van der Waals surface area (Å²) in [5.41, 5.74) is 7.67. The van der Waals surface area contributed by atoms with E-state index in [-0.39, 0.29) is 0 Å². The molecule has 1 aliphatic rings. The lowest BCUT2D eigenvalue weighted by atomic mass is 9.97. The normalized spacial score (nSPS) is 13.2. The van der Waals surface area contributed by atoms with Crippen LogP contribution in [0.25, 0.3) is 10.9 Å².